The van der Waals surface area contributed by atoms with Gasteiger partial charge in [-0.3, -0.25) is 4.68 Å². The van der Waals surface area contributed by atoms with Crippen LogP contribution in [0.2, 0.25) is 0 Å². The van der Waals surface area contributed by atoms with Crippen molar-refractivity contribution in [3.05, 3.63) is 18.0 Å². The lowest BCUT2D eigenvalue weighted by Gasteiger charge is -2.57. The highest BCUT2D eigenvalue weighted by Crippen LogP contribution is 2.66. The number of aromatic nitrogens is 2. The standard InChI is InChI=1S/C23H36N2O/c1-22(26)10-8-17-15(12-22)4-5-19-18(17)9-11-23(2)20(6-7-21(19)23)16-13-24-25(3)14-16/h13-15,17-21,26H,4-12H2,1-3H3/t15-,17+,18-,19-,20-,21+,22-,23-/m1/s1. The molecule has 4 fully saturated rings. The maximum absolute atomic E-state index is 10.6. The minimum atomic E-state index is -0.393. The molecule has 0 amide bonds. The SMILES string of the molecule is Cn1cc([C@H]2CC[C@H]3[C@@H]4CC[C@@H]5C[C@](C)(O)CC[C@@H]5[C@H]4CC[C@]23C)cn1. The van der Waals surface area contributed by atoms with E-state index >= 15 is 0 Å². The van der Waals surface area contributed by atoms with Crippen LogP contribution in [0.4, 0.5) is 0 Å². The van der Waals surface area contributed by atoms with Crippen molar-refractivity contribution in [1.29, 1.82) is 0 Å². The van der Waals surface area contributed by atoms with Crippen LogP contribution in [0.5, 0.6) is 0 Å². The van der Waals surface area contributed by atoms with E-state index in [1.54, 1.807) is 0 Å². The first-order valence-electron chi connectivity index (χ1n) is 11.1. The van der Waals surface area contributed by atoms with Crippen molar-refractivity contribution in [3.63, 3.8) is 0 Å². The van der Waals surface area contributed by atoms with Crippen LogP contribution in [0.1, 0.15) is 83.1 Å². The van der Waals surface area contributed by atoms with Gasteiger partial charge in [0.1, 0.15) is 0 Å². The van der Waals surface area contributed by atoms with Crippen LogP contribution in [-0.2, 0) is 7.05 Å². The van der Waals surface area contributed by atoms with E-state index in [1.165, 1.54) is 50.5 Å². The molecule has 1 heterocycles. The molecule has 3 nitrogen and oxygen atoms in total. The number of hydrogen-bond donors (Lipinski definition) is 1. The van der Waals surface area contributed by atoms with Gasteiger partial charge in [-0.25, -0.2) is 0 Å². The molecule has 144 valence electrons. The summed E-state index contributed by atoms with van der Waals surface area (Å²) in [7, 11) is 2.05. The minimum Gasteiger partial charge on any atom is -0.390 e. The molecule has 0 saturated heterocycles. The Morgan fingerprint density at radius 3 is 2.58 bits per heavy atom. The van der Waals surface area contributed by atoms with Crippen molar-refractivity contribution >= 4 is 0 Å². The highest BCUT2D eigenvalue weighted by Gasteiger charge is 2.57. The number of nitrogens with zero attached hydrogens (tertiary/aromatic N) is 2. The second-order valence-electron chi connectivity index (χ2n) is 10.8. The maximum atomic E-state index is 10.6. The molecule has 0 unspecified atom stereocenters. The highest BCUT2D eigenvalue weighted by atomic mass is 16.3. The van der Waals surface area contributed by atoms with Gasteiger partial charge in [0.15, 0.2) is 0 Å². The molecule has 1 aromatic heterocycles. The summed E-state index contributed by atoms with van der Waals surface area (Å²) in [6.45, 7) is 4.68. The van der Waals surface area contributed by atoms with Crippen LogP contribution >= 0.6 is 0 Å². The van der Waals surface area contributed by atoms with Gasteiger partial charge in [0.2, 0.25) is 0 Å². The molecule has 3 heteroatoms. The van der Waals surface area contributed by atoms with Crippen LogP contribution in [0.25, 0.3) is 0 Å². The summed E-state index contributed by atoms with van der Waals surface area (Å²) >= 11 is 0. The van der Waals surface area contributed by atoms with Gasteiger partial charge in [-0.15, -0.1) is 0 Å². The summed E-state index contributed by atoms with van der Waals surface area (Å²) in [4.78, 5) is 0. The minimum absolute atomic E-state index is 0.393. The predicted octanol–water partition coefficient (Wildman–Crippen LogP) is 4.91. The van der Waals surface area contributed by atoms with E-state index in [4.69, 9.17) is 0 Å². The van der Waals surface area contributed by atoms with E-state index in [-0.39, 0.29) is 0 Å². The Labute approximate surface area is 158 Å². The van der Waals surface area contributed by atoms with Crippen LogP contribution in [0.15, 0.2) is 12.4 Å². The fourth-order valence-electron chi connectivity index (χ4n) is 8.25. The molecule has 0 spiro atoms. The van der Waals surface area contributed by atoms with Gasteiger partial charge in [0, 0.05) is 13.2 Å². The number of rotatable bonds is 1. The topological polar surface area (TPSA) is 38.0 Å². The van der Waals surface area contributed by atoms with E-state index in [0.717, 1.165) is 42.4 Å². The fraction of sp³-hybridized carbons (Fsp3) is 0.870. The summed E-state index contributed by atoms with van der Waals surface area (Å²) in [6.07, 6.45) is 16.1. The summed E-state index contributed by atoms with van der Waals surface area (Å²) in [5.74, 6) is 5.20. The largest absolute Gasteiger partial charge is 0.390 e. The second kappa shape index (κ2) is 5.83. The predicted molar refractivity (Wildman–Crippen MR) is 104 cm³/mol. The molecule has 4 aliphatic rings. The van der Waals surface area contributed by atoms with E-state index in [1.807, 2.05) is 4.68 Å². The lowest BCUT2D eigenvalue weighted by Crippen LogP contribution is -2.50. The van der Waals surface area contributed by atoms with E-state index < -0.39 is 5.60 Å². The van der Waals surface area contributed by atoms with Gasteiger partial charge in [-0.05, 0) is 111 Å². The van der Waals surface area contributed by atoms with Gasteiger partial charge in [0.25, 0.3) is 0 Å². The molecule has 0 aromatic carbocycles. The monoisotopic (exact) mass is 356 g/mol. The maximum Gasteiger partial charge on any atom is 0.0622 e. The van der Waals surface area contributed by atoms with Crippen molar-refractivity contribution in [3.8, 4) is 0 Å². The zero-order valence-corrected chi connectivity index (χ0v) is 16.8. The van der Waals surface area contributed by atoms with Crippen molar-refractivity contribution < 1.29 is 5.11 Å². The molecule has 1 N–H and O–H groups in total. The van der Waals surface area contributed by atoms with Crippen molar-refractivity contribution in [1.82, 2.24) is 9.78 Å². The smallest absolute Gasteiger partial charge is 0.0622 e. The first kappa shape index (κ1) is 17.3. The van der Waals surface area contributed by atoms with Crippen molar-refractivity contribution in [2.45, 2.75) is 83.2 Å². The Hall–Kier alpha value is -0.830. The molecule has 4 aliphatic carbocycles. The van der Waals surface area contributed by atoms with Crippen LogP contribution in [0, 0.1) is 35.0 Å². The zero-order valence-electron chi connectivity index (χ0n) is 16.8. The highest BCUT2D eigenvalue weighted by molar-refractivity contribution is 5.21. The summed E-state index contributed by atoms with van der Waals surface area (Å²) in [6, 6.07) is 0. The normalized spacial score (nSPS) is 50.8. The molecule has 0 aliphatic heterocycles. The average molecular weight is 357 g/mol. The number of aliphatic hydroxyl groups is 1. The Kier molecular flexibility index (Phi) is 3.88. The first-order chi connectivity index (χ1) is 12.4. The van der Waals surface area contributed by atoms with E-state index in [2.05, 4.69) is 38.4 Å². The van der Waals surface area contributed by atoms with Crippen molar-refractivity contribution in [2.24, 2.45) is 42.1 Å². The third-order valence-electron chi connectivity index (χ3n) is 9.36. The van der Waals surface area contributed by atoms with E-state index in [0.29, 0.717) is 11.3 Å². The molecule has 0 bridgehead atoms. The lowest BCUT2D eigenvalue weighted by molar-refractivity contribution is -0.0958. The molecule has 0 radical (unpaired) electrons. The molecular weight excluding hydrogens is 320 g/mol. The summed E-state index contributed by atoms with van der Waals surface area (Å²) in [5, 5.41) is 15.0. The Morgan fingerprint density at radius 2 is 1.81 bits per heavy atom. The number of fused-ring (bicyclic) bond motifs is 5. The Morgan fingerprint density at radius 1 is 1.00 bits per heavy atom. The molecule has 26 heavy (non-hydrogen) atoms. The lowest BCUT2D eigenvalue weighted by atomic mass is 9.49. The fourth-order valence-corrected chi connectivity index (χ4v) is 8.25. The molecule has 1 aromatic rings. The number of hydrogen-bond acceptors (Lipinski definition) is 2. The van der Waals surface area contributed by atoms with Gasteiger partial charge >= 0.3 is 0 Å². The number of aryl methyl sites for hydroxylation is 1. The second-order valence-corrected chi connectivity index (χ2v) is 10.8. The van der Waals surface area contributed by atoms with Gasteiger partial charge in [-0.1, -0.05) is 6.92 Å². The van der Waals surface area contributed by atoms with Gasteiger partial charge in [0.05, 0.1) is 11.8 Å². The average Bonchev–Trinajstić information content (AvgIpc) is 3.16. The van der Waals surface area contributed by atoms with Gasteiger partial charge in [-0.2, -0.15) is 5.10 Å². The van der Waals surface area contributed by atoms with Crippen LogP contribution < -0.4 is 0 Å². The van der Waals surface area contributed by atoms with Crippen LogP contribution in [0.3, 0.4) is 0 Å². The van der Waals surface area contributed by atoms with Crippen molar-refractivity contribution in [2.75, 3.05) is 0 Å². The third-order valence-corrected chi connectivity index (χ3v) is 9.36. The Bertz CT molecular complexity index is 680. The third kappa shape index (κ3) is 2.52. The quantitative estimate of drug-likeness (QED) is 0.776. The first-order valence-corrected chi connectivity index (χ1v) is 11.1. The molecule has 8 atom stereocenters. The summed E-state index contributed by atoms with van der Waals surface area (Å²) in [5.41, 5.74) is 1.58. The zero-order chi connectivity index (χ0) is 18.1. The van der Waals surface area contributed by atoms with E-state index in [9.17, 15) is 5.11 Å². The van der Waals surface area contributed by atoms with Crippen LogP contribution in [-0.4, -0.2) is 20.5 Å². The van der Waals surface area contributed by atoms with Gasteiger partial charge < -0.3 is 5.11 Å². The summed E-state index contributed by atoms with van der Waals surface area (Å²) < 4.78 is 1.98. The Balaban J connectivity index is 1.38. The molecule has 4 saturated carbocycles. The molecular formula is C23H36N2O. The molecule has 5 rings (SSSR count).